The van der Waals surface area contributed by atoms with Crippen LogP contribution in [-0.4, -0.2) is 48.1 Å². The number of amides is 1. The fraction of sp³-hybridized carbons (Fsp3) is 0.389. The van der Waals surface area contributed by atoms with Gasteiger partial charge in [0.1, 0.15) is 0 Å². The summed E-state index contributed by atoms with van der Waals surface area (Å²) in [6.07, 6.45) is 2.04. The molecule has 0 saturated carbocycles. The summed E-state index contributed by atoms with van der Waals surface area (Å²) in [6.45, 7) is 6.54. The Bertz CT molecular complexity index is 662. The minimum absolute atomic E-state index is 0.175. The van der Waals surface area contributed by atoms with E-state index >= 15 is 0 Å². The molecule has 0 N–H and O–H groups in total. The second kappa shape index (κ2) is 7.51. The lowest BCUT2D eigenvalue weighted by Gasteiger charge is -2.34. The maximum atomic E-state index is 12.8. The predicted molar refractivity (Wildman–Crippen MR) is 98.5 cm³/mol. The van der Waals surface area contributed by atoms with E-state index in [2.05, 4.69) is 28.5 Å². The highest BCUT2D eigenvalue weighted by Crippen LogP contribution is 2.21. The van der Waals surface area contributed by atoms with Gasteiger partial charge in [-0.3, -0.25) is 9.69 Å². The normalized spacial score (nSPS) is 15.8. The van der Waals surface area contributed by atoms with Crippen molar-refractivity contribution < 1.29 is 4.79 Å². The van der Waals surface area contributed by atoms with Crippen molar-refractivity contribution in [1.29, 1.82) is 0 Å². The Morgan fingerprint density at radius 2 is 2.00 bits per heavy atom. The molecule has 1 aliphatic rings. The lowest BCUT2D eigenvalue weighted by atomic mass is 10.1. The number of carbonyl (C=O) groups excluding carboxylic acids is 1. The van der Waals surface area contributed by atoms with Gasteiger partial charge in [-0.1, -0.05) is 12.1 Å². The van der Waals surface area contributed by atoms with Crippen LogP contribution in [0.5, 0.6) is 0 Å². The highest BCUT2D eigenvalue weighted by molar-refractivity contribution is 7.98. The maximum absolute atomic E-state index is 12.8. The number of benzene rings is 1. The van der Waals surface area contributed by atoms with Crippen molar-refractivity contribution in [3.8, 4) is 0 Å². The summed E-state index contributed by atoms with van der Waals surface area (Å²) in [6, 6.07) is 10.4. The molecule has 2 aromatic rings. The first-order valence-corrected chi connectivity index (χ1v) is 9.96. The van der Waals surface area contributed by atoms with E-state index in [9.17, 15) is 4.79 Å². The van der Waals surface area contributed by atoms with Gasteiger partial charge in [-0.25, -0.2) is 0 Å². The molecule has 1 fully saturated rings. The standard InChI is InChI=1S/C18H22N2OS2/c1-14-5-6-15(22-2)12-17(14)18(21)20-9-7-19(8-10-20)13-16-4-3-11-23-16/h3-6,11-12H,7-10,13H2,1-2H3. The van der Waals surface area contributed by atoms with E-state index in [-0.39, 0.29) is 5.91 Å². The topological polar surface area (TPSA) is 23.6 Å². The molecule has 0 radical (unpaired) electrons. The van der Waals surface area contributed by atoms with Crippen LogP contribution in [0, 0.1) is 6.92 Å². The largest absolute Gasteiger partial charge is 0.336 e. The summed E-state index contributed by atoms with van der Waals surface area (Å²) in [5, 5.41) is 2.12. The number of thioether (sulfide) groups is 1. The van der Waals surface area contributed by atoms with Crippen LogP contribution in [0.1, 0.15) is 20.8 Å². The first-order chi connectivity index (χ1) is 11.2. The van der Waals surface area contributed by atoms with E-state index < -0.39 is 0 Å². The third-order valence-electron chi connectivity index (χ3n) is 4.29. The molecule has 23 heavy (non-hydrogen) atoms. The van der Waals surface area contributed by atoms with Gasteiger partial charge in [-0.05, 0) is 42.3 Å². The average Bonchev–Trinajstić information content (AvgIpc) is 3.08. The number of aryl methyl sites for hydroxylation is 1. The third kappa shape index (κ3) is 3.97. The highest BCUT2D eigenvalue weighted by atomic mass is 32.2. The number of hydrogen-bond acceptors (Lipinski definition) is 4. The van der Waals surface area contributed by atoms with Crippen LogP contribution in [-0.2, 0) is 6.54 Å². The molecule has 2 heterocycles. The average molecular weight is 347 g/mol. The van der Waals surface area contributed by atoms with Crippen molar-refractivity contribution in [2.75, 3.05) is 32.4 Å². The van der Waals surface area contributed by atoms with Gasteiger partial charge in [0.25, 0.3) is 5.91 Å². The minimum atomic E-state index is 0.175. The van der Waals surface area contributed by atoms with Crippen LogP contribution in [0.25, 0.3) is 0 Å². The fourth-order valence-electron chi connectivity index (χ4n) is 2.86. The molecule has 1 amide bonds. The summed E-state index contributed by atoms with van der Waals surface area (Å²) in [5.41, 5.74) is 1.91. The van der Waals surface area contributed by atoms with E-state index in [1.807, 2.05) is 30.2 Å². The molecule has 0 unspecified atom stereocenters. The number of piperazine rings is 1. The van der Waals surface area contributed by atoms with E-state index in [0.717, 1.165) is 48.7 Å². The first kappa shape index (κ1) is 16.6. The fourth-order valence-corrected chi connectivity index (χ4v) is 4.05. The zero-order valence-corrected chi connectivity index (χ0v) is 15.3. The van der Waals surface area contributed by atoms with Crippen LogP contribution in [0.2, 0.25) is 0 Å². The smallest absolute Gasteiger partial charge is 0.254 e. The van der Waals surface area contributed by atoms with E-state index in [0.29, 0.717) is 0 Å². The van der Waals surface area contributed by atoms with E-state index in [1.165, 1.54) is 4.88 Å². The predicted octanol–water partition coefficient (Wildman–Crippen LogP) is 3.74. The van der Waals surface area contributed by atoms with Crippen LogP contribution in [0.4, 0.5) is 0 Å². The molecule has 0 bridgehead atoms. The second-order valence-corrected chi connectivity index (χ2v) is 7.74. The molecule has 5 heteroatoms. The van der Waals surface area contributed by atoms with Crippen LogP contribution in [0.3, 0.4) is 0 Å². The molecule has 0 atom stereocenters. The number of carbonyl (C=O) groups is 1. The molecule has 0 spiro atoms. The summed E-state index contributed by atoms with van der Waals surface area (Å²) in [5.74, 6) is 0.175. The Kier molecular flexibility index (Phi) is 5.41. The van der Waals surface area contributed by atoms with Gasteiger partial charge in [-0.15, -0.1) is 23.1 Å². The van der Waals surface area contributed by atoms with Crippen molar-refractivity contribution in [2.24, 2.45) is 0 Å². The lowest BCUT2D eigenvalue weighted by Crippen LogP contribution is -2.48. The van der Waals surface area contributed by atoms with Crippen molar-refractivity contribution in [3.63, 3.8) is 0 Å². The Morgan fingerprint density at radius 3 is 2.65 bits per heavy atom. The highest BCUT2D eigenvalue weighted by Gasteiger charge is 2.23. The minimum Gasteiger partial charge on any atom is -0.336 e. The maximum Gasteiger partial charge on any atom is 0.254 e. The molecule has 1 aromatic carbocycles. The van der Waals surface area contributed by atoms with Crippen molar-refractivity contribution in [2.45, 2.75) is 18.4 Å². The molecule has 3 nitrogen and oxygen atoms in total. The molecule has 0 aliphatic carbocycles. The monoisotopic (exact) mass is 346 g/mol. The summed E-state index contributed by atoms with van der Waals surface area (Å²) >= 11 is 3.48. The molecule has 1 saturated heterocycles. The number of nitrogens with zero attached hydrogens (tertiary/aromatic N) is 2. The van der Waals surface area contributed by atoms with E-state index in [1.54, 1.807) is 23.1 Å². The number of rotatable bonds is 4. The van der Waals surface area contributed by atoms with Gasteiger partial charge in [0.05, 0.1) is 0 Å². The molecule has 122 valence electrons. The Balaban J connectivity index is 1.62. The van der Waals surface area contributed by atoms with Gasteiger partial charge in [0, 0.05) is 48.1 Å². The molecule has 1 aliphatic heterocycles. The first-order valence-electron chi connectivity index (χ1n) is 7.86. The molecular formula is C18H22N2OS2. The van der Waals surface area contributed by atoms with Crippen molar-refractivity contribution in [3.05, 3.63) is 51.7 Å². The van der Waals surface area contributed by atoms with E-state index in [4.69, 9.17) is 0 Å². The summed E-state index contributed by atoms with van der Waals surface area (Å²) in [7, 11) is 0. The van der Waals surface area contributed by atoms with Gasteiger partial charge >= 0.3 is 0 Å². The van der Waals surface area contributed by atoms with Gasteiger partial charge in [0.2, 0.25) is 0 Å². The Hall–Kier alpha value is -1.30. The quantitative estimate of drug-likeness (QED) is 0.788. The zero-order chi connectivity index (χ0) is 16.2. The third-order valence-corrected chi connectivity index (χ3v) is 5.88. The van der Waals surface area contributed by atoms with Crippen LogP contribution < -0.4 is 0 Å². The Labute approximate surface area is 146 Å². The SMILES string of the molecule is CSc1ccc(C)c(C(=O)N2CCN(Cc3cccs3)CC2)c1. The summed E-state index contributed by atoms with van der Waals surface area (Å²) in [4.78, 5) is 19.8. The van der Waals surface area contributed by atoms with Gasteiger partial charge < -0.3 is 4.90 Å². The summed E-state index contributed by atoms with van der Waals surface area (Å²) < 4.78 is 0. The van der Waals surface area contributed by atoms with Crippen LogP contribution in [0.15, 0.2) is 40.6 Å². The van der Waals surface area contributed by atoms with Crippen LogP contribution >= 0.6 is 23.1 Å². The van der Waals surface area contributed by atoms with Gasteiger partial charge in [-0.2, -0.15) is 0 Å². The van der Waals surface area contributed by atoms with Gasteiger partial charge in [0.15, 0.2) is 0 Å². The molecule has 3 rings (SSSR count). The van der Waals surface area contributed by atoms with Crippen molar-refractivity contribution in [1.82, 2.24) is 9.80 Å². The van der Waals surface area contributed by atoms with Crippen molar-refractivity contribution >= 4 is 29.0 Å². The number of hydrogen-bond donors (Lipinski definition) is 0. The lowest BCUT2D eigenvalue weighted by molar-refractivity contribution is 0.0628. The second-order valence-electron chi connectivity index (χ2n) is 5.83. The number of thiophene rings is 1. The Morgan fingerprint density at radius 1 is 1.22 bits per heavy atom. The molecule has 1 aromatic heterocycles. The molecular weight excluding hydrogens is 324 g/mol. The zero-order valence-electron chi connectivity index (χ0n) is 13.6.